The SMILES string of the molecule is CCCCCCCCCC(I)(I)c1cccc(O)c1O. The Morgan fingerprint density at radius 2 is 1.55 bits per heavy atom. The van der Waals surface area contributed by atoms with E-state index in [2.05, 4.69) is 52.1 Å². The molecule has 0 heterocycles. The Hall–Kier alpha value is 0.280. The predicted octanol–water partition coefficient (Wildman–Crippen LogP) is 6.26. The van der Waals surface area contributed by atoms with Crippen molar-refractivity contribution in [3.8, 4) is 11.5 Å². The monoisotopic (exact) mass is 502 g/mol. The largest absolute Gasteiger partial charge is 0.504 e. The predicted molar refractivity (Wildman–Crippen MR) is 102 cm³/mol. The second-order valence-corrected chi connectivity index (χ2v) is 11.0. The molecule has 2 N–H and O–H groups in total. The van der Waals surface area contributed by atoms with E-state index in [0.29, 0.717) is 0 Å². The van der Waals surface area contributed by atoms with Crippen molar-refractivity contribution in [1.82, 2.24) is 0 Å². The van der Waals surface area contributed by atoms with E-state index in [1.54, 1.807) is 6.07 Å². The van der Waals surface area contributed by atoms with Gasteiger partial charge in [0, 0.05) is 5.56 Å². The summed E-state index contributed by atoms with van der Waals surface area (Å²) in [4.78, 5) is 0. The molecular weight excluding hydrogens is 478 g/mol. The molecule has 0 radical (unpaired) electrons. The molecule has 0 amide bonds. The minimum Gasteiger partial charge on any atom is -0.504 e. The fourth-order valence-corrected chi connectivity index (χ4v) is 3.90. The number of phenolic OH excluding ortho intramolecular Hbond substituents is 2. The number of aromatic hydroxyl groups is 2. The summed E-state index contributed by atoms with van der Waals surface area (Å²) in [5, 5.41) is 19.6. The lowest BCUT2D eigenvalue weighted by Gasteiger charge is -2.22. The average Bonchev–Trinajstić information content (AvgIpc) is 2.40. The van der Waals surface area contributed by atoms with E-state index in [4.69, 9.17) is 0 Å². The van der Waals surface area contributed by atoms with Crippen molar-refractivity contribution in [1.29, 1.82) is 0 Å². The van der Waals surface area contributed by atoms with Crippen LogP contribution in [0.2, 0.25) is 0 Å². The maximum atomic E-state index is 9.97. The van der Waals surface area contributed by atoms with Gasteiger partial charge in [-0.05, 0) is 12.5 Å². The van der Waals surface area contributed by atoms with Gasteiger partial charge >= 0.3 is 0 Å². The number of para-hydroxylation sites is 1. The van der Waals surface area contributed by atoms with Gasteiger partial charge in [0.15, 0.2) is 11.5 Å². The summed E-state index contributed by atoms with van der Waals surface area (Å²) < 4.78 is -0.151. The lowest BCUT2D eigenvalue weighted by atomic mass is 10.0. The first-order valence-electron chi connectivity index (χ1n) is 7.38. The molecule has 0 fully saturated rings. The molecule has 114 valence electrons. The van der Waals surface area contributed by atoms with Crippen LogP contribution in [-0.4, -0.2) is 10.2 Å². The molecular formula is C16H24I2O2. The first kappa shape index (κ1) is 18.3. The van der Waals surface area contributed by atoms with Gasteiger partial charge in [0.05, 0.1) is 0 Å². The maximum Gasteiger partial charge on any atom is 0.162 e. The van der Waals surface area contributed by atoms with Crippen molar-refractivity contribution in [2.75, 3.05) is 0 Å². The number of phenols is 2. The molecule has 0 bridgehead atoms. The lowest BCUT2D eigenvalue weighted by Crippen LogP contribution is -2.08. The van der Waals surface area contributed by atoms with E-state index in [9.17, 15) is 10.2 Å². The Bertz CT molecular complexity index is 405. The molecule has 0 saturated carbocycles. The van der Waals surface area contributed by atoms with Gasteiger partial charge in [-0.2, -0.15) is 0 Å². The summed E-state index contributed by atoms with van der Waals surface area (Å²) in [6.45, 7) is 2.24. The third-order valence-corrected chi connectivity index (χ3v) is 5.74. The zero-order valence-electron chi connectivity index (χ0n) is 12.0. The normalized spacial score (nSPS) is 11.8. The Morgan fingerprint density at radius 1 is 0.950 bits per heavy atom. The van der Waals surface area contributed by atoms with Gasteiger partial charge < -0.3 is 10.2 Å². The number of hydrogen-bond acceptors (Lipinski definition) is 2. The van der Waals surface area contributed by atoms with Gasteiger partial charge in [0.2, 0.25) is 0 Å². The summed E-state index contributed by atoms with van der Waals surface area (Å²) in [7, 11) is 0. The second-order valence-electron chi connectivity index (χ2n) is 5.25. The van der Waals surface area contributed by atoms with Crippen LogP contribution in [0.4, 0.5) is 0 Å². The van der Waals surface area contributed by atoms with Gasteiger partial charge in [0.1, 0.15) is 1.43 Å². The van der Waals surface area contributed by atoms with Crippen LogP contribution in [-0.2, 0) is 1.43 Å². The maximum absolute atomic E-state index is 9.97. The molecule has 0 saturated heterocycles. The summed E-state index contributed by atoms with van der Waals surface area (Å²) in [6, 6.07) is 5.21. The first-order valence-corrected chi connectivity index (χ1v) is 9.54. The van der Waals surface area contributed by atoms with Crippen LogP contribution in [0.5, 0.6) is 11.5 Å². The van der Waals surface area contributed by atoms with Crippen molar-refractivity contribution in [3.63, 3.8) is 0 Å². The lowest BCUT2D eigenvalue weighted by molar-refractivity contribution is 0.398. The summed E-state index contributed by atoms with van der Waals surface area (Å²) in [5.74, 6) is -0.000909. The molecule has 0 aliphatic carbocycles. The third kappa shape index (κ3) is 5.95. The number of alkyl halides is 2. The third-order valence-electron chi connectivity index (χ3n) is 3.50. The summed E-state index contributed by atoms with van der Waals surface area (Å²) in [5.41, 5.74) is 0.824. The number of hydrogen-bond donors (Lipinski definition) is 2. The zero-order chi connectivity index (χ0) is 15.0. The molecule has 1 aromatic rings. The van der Waals surface area contributed by atoms with Crippen LogP contribution in [0.3, 0.4) is 0 Å². The van der Waals surface area contributed by atoms with Gasteiger partial charge in [-0.25, -0.2) is 0 Å². The number of unbranched alkanes of at least 4 members (excludes halogenated alkanes) is 6. The van der Waals surface area contributed by atoms with Gasteiger partial charge in [-0.1, -0.05) is 109 Å². The molecule has 1 rings (SSSR count). The fourth-order valence-electron chi connectivity index (χ4n) is 2.27. The molecule has 1 aromatic carbocycles. The van der Waals surface area contributed by atoms with Crippen LogP contribution in [0, 0.1) is 0 Å². The molecule has 0 aliphatic heterocycles. The molecule has 20 heavy (non-hydrogen) atoms. The zero-order valence-corrected chi connectivity index (χ0v) is 16.4. The van der Waals surface area contributed by atoms with Crippen molar-refractivity contribution in [2.24, 2.45) is 0 Å². The summed E-state index contributed by atoms with van der Waals surface area (Å²) >= 11 is 4.75. The van der Waals surface area contributed by atoms with E-state index in [1.807, 2.05) is 6.07 Å². The minimum atomic E-state index is -0.151. The second kappa shape index (κ2) is 9.33. The fraction of sp³-hybridized carbons (Fsp3) is 0.625. The van der Waals surface area contributed by atoms with Crippen LogP contribution < -0.4 is 0 Å². The van der Waals surface area contributed by atoms with E-state index in [0.717, 1.165) is 18.4 Å². The van der Waals surface area contributed by atoms with E-state index < -0.39 is 0 Å². The average molecular weight is 502 g/mol. The smallest absolute Gasteiger partial charge is 0.162 e. The van der Waals surface area contributed by atoms with Crippen molar-refractivity contribution in [3.05, 3.63) is 23.8 Å². The molecule has 0 aromatic heterocycles. The Balaban J connectivity index is 2.40. The minimum absolute atomic E-state index is 0.0271. The highest BCUT2D eigenvalue weighted by Gasteiger charge is 2.28. The number of rotatable bonds is 9. The quantitative estimate of drug-likeness (QED) is 0.181. The highest BCUT2D eigenvalue weighted by molar-refractivity contribution is 14.2. The highest BCUT2D eigenvalue weighted by Crippen LogP contribution is 2.49. The van der Waals surface area contributed by atoms with Crippen molar-refractivity contribution in [2.45, 2.75) is 59.7 Å². The van der Waals surface area contributed by atoms with Crippen LogP contribution in [0.1, 0.15) is 63.9 Å². The Kier molecular flexibility index (Phi) is 8.55. The molecule has 0 spiro atoms. The molecule has 0 atom stereocenters. The molecule has 2 nitrogen and oxygen atoms in total. The van der Waals surface area contributed by atoms with E-state index in [1.165, 1.54) is 44.6 Å². The Labute approximate surface area is 149 Å². The van der Waals surface area contributed by atoms with Crippen LogP contribution >= 0.6 is 45.2 Å². The molecule has 0 aliphatic rings. The van der Waals surface area contributed by atoms with Crippen molar-refractivity contribution < 1.29 is 10.2 Å². The van der Waals surface area contributed by atoms with Crippen LogP contribution in [0.15, 0.2) is 18.2 Å². The highest BCUT2D eigenvalue weighted by atomic mass is 127. The standard InChI is InChI=1S/C16H24I2O2/c1-2-3-4-5-6-7-8-12-16(17,18)13-10-9-11-14(19)15(13)20/h9-11,19-20H,2-8,12H2,1H3. The topological polar surface area (TPSA) is 40.5 Å². The van der Waals surface area contributed by atoms with E-state index >= 15 is 0 Å². The van der Waals surface area contributed by atoms with Gasteiger partial charge in [-0.15, -0.1) is 0 Å². The summed E-state index contributed by atoms with van der Waals surface area (Å²) in [6.07, 6.45) is 10.0. The molecule has 0 unspecified atom stereocenters. The van der Waals surface area contributed by atoms with Crippen molar-refractivity contribution >= 4 is 45.2 Å². The first-order chi connectivity index (χ1) is 9.49. The number of benzene rings is 1. The van der Waals surface area contributed by atoms with E-state index in [-0.39, 0.29) is 12.9 Å². The Morgan fingerprint density at radius 3 is 2.20 bits per heavy atom. The molecule has 4 heteroatoms. The van der Waals surface area contributed by atoms with Gasteiger partial charge in [0.25, 0.3) is 0 Å². The number of halogens is 2. The van der Waals surface area contributed by atoms with Gasteiger partial charge in [-0.3, -0.25) is 0 Å². The van der Waals surface area contributed by atoms with Crippen LogP contribution in [0.25, 0.3) is 0 Å².